The van der Waals surface area contributed by atoms with Crippen molar-refractivity contribution in [2.24, 2.45) is 0 Å². The minimum absolute atomic E-state index is 0.0649. The maximum absolute atomic E-state index is 12.5. The van der Waals surface area contributed by atoms with Gasteiger partial charge in [0.25, 0.3) is 5.56 Å². The van der Waals surface area contributed by atoms with Gasteiger partial charge in [0.1, 0.15) is 5.15 Å². The van der Waals surface area contributed by atoms with E-state index in [9.17, 15) is 9.59 Å². The molecule has 1 aliphatic carbocycles. The Bertz CT molecular complexity index is 766. The van der Waals surface area contributed by atoms with Gasteiger partial charge in [0.05, 0.1) is 11.3 Å². The highest BCUT2D eigenvalue weighted by molar-refractivity contribution is 7.14. The fraction of sp³-hybridized carbons (Fsp3) is 0.462. The monoisotopic (exact) mass is 311 g/mol. The Balaban J connectivity index is 2.25. The lowest BCUT2D eigenvalue weighted by molar-refractivity contribution is 0.771. The summed E-state index contributed by atoms with van der Waals surface area (Å²) in [6.45, 7) is 3.74. The van der Waals surface area contributed by atoms with E-state index in [2.05, 4.69) is 9.97 Å². The van der Waals surface area contributed by atoms with Crippen molar-refractivity contribution in [2.75, 3.05) is 0 Å². The van der Waals surface area contributed by atoms with Crippen molar-refractivity contribution < 1.29 is 0 Å². The minimum Gasteiger partial charge on any atom is -0.297 e. The lowest BCUT2D eigenvalue weighted by atomic mass is 10.1. The van der Waals surface area contributed by atoms with Crippen LogP contribution in [0.15, 0.2) is 9.59 Å². The van der Waals surface area contributed by atoms with Crippen LogP contribution in [-0.4, -0.2) is 14.5 Å². The number of aromatic amines is 1. The van der Waals surface area contributed by atoms with Crippen LogP contribution >= 0.6 is 22.9 Å². The Hall–Kier alpha value is -1.40. The summed E-state index contributed by atoms with van der Waals surface area (Å²) >= 11 is 7.40. The van der Waals surface area contributed by atoms with Crippen LogP contribution in [0.3, 0.4) is 0 Å². The maximum Gasteiger partial charge on any atom is 0.336 e. The fourth-order valence-electron chi connectivity index (χ4n) is 2.47. The van der Waals surface area contributed by atoms with Crippen molar-refractivity contribution in [3.05, 3.63) is 42.1 Å². The molecule has 0 radical (unpaired) electrons. The summed E-state index contributed by atoms with van der Waals surface area (Å²) in [6.07, 6.45) is 2.99. The average molecular weight is 312 g/mol. The predicted molar refractivity (Wildman–Crippen MR) is 79.5 cm³/mol. The lowest BCUT2D eigenvalue weighted by Gasteiger charge is -2.09. The van der Waals surface area contributed by atoms with Crippen molar-refractivity contribution in [1.29, 1.82) is 0 Å². The molecule has 7 heteroatoms. The third-order valence-electron chi connectivity index (χ3n) is 3.44. The molecule has 0 fully saturated rings. The second kappa shape index (κ2) is 4.86. The maximum atomic E-state index is 12.5. The molecule has 0 saturated carbocycles. The molecule has 0 saturated heterocycles. The molecule has 0 amide bonds. The van der Waals surface area contributed by atoms with Gasteiger partial charge in [0.2, 0.25) is 5.13 Å². The number of H-pyrrole nitrogens is 1. The fourth-order valence-corrected chi connectivity index (χ4v) is 4.00. The van der Waals surface area contributed by atoms with E-state index in [1.807, 2.05) is 13.8 Å². The molecule has 3 rings (SSSR count). The molecule has 0 aromatic carbocycles. The minimum atomic E-state index is -0.531. The number of aryl methyl sites for hydroxylation is 2. The lowest BCUT2D eigenvalue weighted by Crippen LogP contribution is -2.36. The van der Waals surface area contributed by atoms with Crippen LogP contribution in [0, 0.1) is 0 Å². The van der Waals surface area contributed by atoms with Crippen LogP contribution in [0.5, 0.6) is 0 Å². The molecular formula is C13H14ClN3O2S. The van der Waals surface area contributed by atoms with Crippen LogP contribution in [-0.2, 0) is 12.8 Å². The number of nitrogens with one attached hydrogen (secondary N) is 1. The van der Waals surface area contributed by atoms with E-state index in [1.165, 1.54) is 16.2 Å². The van der Waals surface area contributed by atoms with Gasteiger partial charge < -0.3 is 0 Å². The topological polar surface area (TPSA) is 67.8 Å². The zero-order valence-electron chi connectivity index (χ0n) is 11.2. The Morgan fingerprint density at radius 3 is 2.75 bits per heavy atom. The number of nitrogens with zero attached hydrogens (tertiary/aromatic N) is 2. The number of hydrogen-bond acceptors (Lipinski definition) is 4. The van der Waals surface area contributed by atoms with Gasteiger partial charge in [-0.15, -0.1) is 11.3 Å². The summed E-state index contributed by atoms with van der Waals surface area (Å²) in [4.78, 5) is 32.7. The Morgan fingerprint density at radius 1 is 1.35 bits per heavy atom. The molecule has 0 bridgehead atoms. The zero-order chi connectivity index (χ0) is 14.4. The summed E-state index contributed by atoms with van der Waals surface area (Å²) in [5.74, 6) is -0.0649. The third kappa shape index (κ3) is 2.03. The highest BCUT2D eigenvalue weighted by Gasteiger charge is 2.22. The number of fused-ring (bicyclic) bond motifs is 1. The van der Waals surface area contributed by atoms with E-state index in [0.29, 0.717) is 10.7 Å². The molecule has 1 aliphatic rings. The molecule has 0 spiro atoms. The van der Waals surface area contributed by atoms with E-state index in [-0.39, 0.29) is 16.6 Å². The Morgan fingerprint density at radius 2 is 2.10 bits per heavy atom. The van der Waals surface area contributed by atoms with E-state index in [4.69, 9.17) is 11.6 Å². The first kappa shape index (κ1) is 13.6. The molecule has 0 unspecified atom stereocenters. The van der Waals surface area contributed by atoms with Crippen molar-refractivity contribution in [1.82, 2.24) is 14.5 Å². The molecular weight excluding hydrogens is 298 g/mol. The summed E-state index contributed by atoms with van der Waals surface area (Å²) < 4.78 is 1.10. The normalized spacial score (nSPS) is 14.0. The van der Waals surface area contributed by atoms with Gasteiger partial charge in [-0.2, -0.15) is 0 Å². The SMILES string of the molecule is CC(C)c1c(Cl)[nH]c(=O)n(-c2nc3c(s2)CCC3)c1=O. The number of aromatic nitrogens is 3. The second-order valence-corrected chi connectivity index (χ2v) is 6.61. The Kier molecular flexibility index (Phi) is 3.30. The second-order valence-electron chi connectivity index (χ2n) is 5.17. The van der Waals surface area contributed by atoms with Gasteiger partial charge in [-0.25, -0.2) is 14.3 Å². The summed E-state index contributed by atoms with van der Waals surface area (Å²) in [5, 5.41) is 0.565. The van der Waals surface area contributed by atoms with Gasteiger partial charge in [-0.1, -0.05) is 25.4 Å². The molecule has 106 valence electrons. The Labute approximate surface area is 124 Å². The average Bonchev–Trinajstić information content (AvgIpc) is 2.87. The van der Waals surface area contributed by atoms with Gasteiger partial charge in [0, 0.05) is 4.88 Å². The van der Waals surface area contributed by atoms with Gasteiger partial charge in [-0.05, 0) is 25.2 Å². The largest absolute Gasteiger partial charge is 0.336 e. The van der Waals surface area contributed by atoms with E-state index in [1.54, 1.807) is 0 Å². The van der Waals surface area contributed by atoms with Crippen molar-refractivity contribution in [3.63, 3.8) is 0 Å². The third-order valence-corrected chi connectivity index (χ3v) is 4.88. The van der Waals surface area contributed by atoms with E-state index in [0.717, 1.165) is 29.5 Å². The highest BCUT2D eigenvalue weighted by Crippen LogP contribution is 2.28. The number of hydrogen-bond donors (Lipinski definition) is 1. The van der Waals surface area contributed by atoms with Crippen molar-refractivity contribution >= 4 is 22.9 Å². The smallest absolute Gasteiger partial charge is 0.297 e. The van der Waals surface area contributed by atoms with Crippen LogP contribution < -0.4 is 11.2 Å². The number of rotatable bonds is 2. The molecule has 0 atom stereocenters. The van der Waals surface area contributed by atoms with Crippen LogP contribution in [0.4, 0.5) is 0 Å². The van der Waals surface area contributed by atoms with E-state index < -0.39 is 5.69 Å². The highest BCUT2D eigenvalue weighted by atomic mass is 35.5. The summed E-state index contributed by atoms with van der Waals surface area (Å²) in [6, 6.07) is 0. The standard InChI is InChI=1S/C13H14ClN3O2S/c1-6(2)9-10(14)16-12(19)17(11(9)18)13-15-7-4-3-5-8(7)20-13/h6H,3-5H2,1-2H3,(H,16,19). The van der Waals surface area contributed by atoms with Crippen LogP contribution in [0.2, 0.25) is 5.15 Å². The first-order valence-corrected chi connectivity index (χ1v) is 7.72. The first-order chi connectivity index (χ1) is 9.49. The van der Waals surface area contributed by atoms with Crippen LogP contribution in [0.25, 0.3) is 5.13 Å². The van der Waals surface area contributed by atoms with Crippen molar-refractivity contribution in [2.45, 2.75) is 39.0 Å². The predicted octanol–water partition coefficient (Wildman–Crippen LogP) is 2.25. The molecule has 20 heavy (non-hydrogen) atoms. The number of halogens is 1. The molecule has 2 heterocycles. The first-order valence-electron chi connectivity index (χ1n) is 6.52. The van der Waals surface area contributed by atoms with E-state index >= 15 is 0 Å². The van der Waals surface area contributed by atoms with Crippen molar-refractivity contribution in [3.8, 4) is 5.13 Å². The zero-order valence-corrected chi connectivity index (χ0v) is 12.8. The summed E-state index contributed by atoms with van der Waals surface area (Å²) in [5.41, 5.74) is 0.525. The quantitative estimate of drug-likeness (QED) is 0.865. The molecule has 0 aliphatic heterocycles. The molecule has 5 nitrogen and oxygen atoms in total. The van der Waals surface area contributed by atoms with Gasteiger partial charge in [0.15, 0.2) is 0 Å². The number of thiazole rings is 1. The molecule has 2 aromatic rings. The van der Waals surface area contributed by atoms with Crippen LogP contribution in [0.1, 0.15) is 42.3 Å². The molecule has 1 N–H and O–H groups in total. The van der Waals surface area contributed by atoms with Gasteiger partial charge in [-0.3, -0.25) is 9.78 Å². The summed E-state index contributed by atoms with van der Waals surface area (Å²) in [7, 11) is 0. The molecule has 2 aromatic heterocycles. The van der Waals surface area contributed by atoms with Gasteiger partial charge >= 0.3 is 5.69 Å².